The number of aliphatic hydroxyl groups excluding tert-OH is 1. The van der Waals surface area contributed by atoms with Crippen molar-refractivity contribution in [3.63, 3.8) is 0 Å². The van der Waals surface area contributed by atoms with E-state index in [9.17, 15) is 9.90 Å². The number of aromatic nitrogens is 2. The number of hydrogen-bond donors (Lipinski definition) is 2. The van der Waals surface area contributed by atoms with E-state index in [1.54, 1.807) is 12.3 Å². The van der Waals surface area contributed by atoms with Gasteiger partial charge in [0.1, 0.15) is 24.1 Å². The number of nitrogen functional groups attached to an aromatic ring is 1. The number of rotatable bonds is 6. The lowest BCUT2D eigenvalue weighted by Gasteiger charge is -2.44. The lowest BCUT2D eigenvalue weighted by molar-refractivity contribution is -0.0528. The molecule has 1 aliphatic heterocycles. The fourth-order valence-corrected chi connectivity index (χ4v) is 5.60. The van der Waals surface area contributed by atoms with Crippen molar-refractivity contribution in [3.05, 3.63) is 22.7 Å². The zero-order chi connectivity index (χ0) is 24.0. The summed E-state index contributed by atoms with van der Waals surface area (Å²) >= 11 is 0. The Hall–Kier alpha value is -1.05. The Bertz CT molecular complexity index is 830. The lowest BCUT2D eigenvalue weighted by Crippen LogP contribution is -2.54. The first-order valence-electron chi connectivity index (χ1n) is 10.9. The van der Waals surface area contributed by atoms with E-state index < -0.39 is 46.9 Å². The van der Waals surface area contributed by atoms with Crippen LogP contribution in [-0.4, -0.2) is 56.2 Å². The van der Waals surface area contributed by atoms with Gasteiger partial charge in [-0.2, -0.15) is 4.98 Å². The molecule has 10 heteroatoms. The molecule has 1 fully saturated rings. The standard InChI is InChI=1S/C21H41N3O5Si2/c1-20(2,3)30(7,8)28-16-14(13-25)27-18(24-12-11-15(22)23-19(24)26)17(16)29-31(9,10)21(4,5)6/h11-12,14,16-18,25H,13H2,1-10H3,(H2,22,23,26)/t14-,16?,17?,18-/m1/s1. The molecule has 1 aromatic rings. The van der Waals surface area contributed by atoms with Gasteiger partial charge in [0.2, 0.25) is 0 Å². The molecule has 0 bridgehead atoms. The maximum atomic E-state index is 12.6. The summed E-state index contributed by atoms with van der Waals surface area (Å²) in [6, 6.07) is 1.56. The van der Waals surface area contributed by atoms with E-state index in [0.717, 1.165) is 0 Å². The van der Waals surface area contributed by atoms with Crippen molar-refractivity contribution in [1.29, 1.82) is 0 Å². The van der Waals surface area contributed by atoms with Crippen LogP contribution in [0, 0.1) is 0 Å². The molecule has 1 aromatic heterocycles. The van der Waals surface area contributed by atoms with Gasteiger partial charge in [-0.15, -0.1) is 0 Å². The number of aliphatic hydroxyl groups is 1. The van der Waals surface area contributed by atoms with Crippen molar-refractivity contribution >= 4 is 22.5 Å². The third-order valence-electron chi connectivity index (χ3n) is 7.06. The molecule has 0 saturated carbocycles. The number of hydrogen-bond acceptors (Lipinski definition) is 7. The Morgan fingerprint density at radius 3 is 1.97 bits per heavy atom. The maximum absolute atomic E-state index is 12.6. The van der Waals surface area contributed by atoms with Crippen LogP contribution >= 0.6 is 0 Å². The van der Waals surface area contributed by atoms with Gasteiger partial charge in [-0.25, -0.2) is 4.79 Å². The van der Waals surface area contributed by atoms with Crippen molar-refractivity contribution in [3.8, 4) is 0 Å². The number of anilines is 1. The van der Waals surface area contributed by atoms with Crippen molar-refractivity contribution < 1.29 is 18.7 Å². The molecule has 4 atom stereocenters. The molecule has 0 spiro atoms. The Balaban J connectivity index is 2.56. The zero-order valence-electron chi connectivity index (χ0n) is 20.7. The van der Waals surface area contributed by atoms with E-state index >= 15 is 0 Å². The lowest BCUT2D eigenvalue weighted by atomic mass is 10.1. The van der Waals surface area contributed by atoms with Crippen LogP contribution in [0.2, 0.25) is 36.3 Å². The molecule has 31 heavy (non-hydrogen) atoms. The Morgan fingerprint density at radius 1 is 1.06 bits per heavy atom. The third-order valence-corrected chi connectivity index (χ3v) is 16.0. The average molecular weight is 472 g/mol. The molecule has 0 radical (unpaired) electrons. The van der Waals surface area contributed by atoms with E-state index in [0.29, 0.717) is 0 Å². The zero-order valence-corrected chi connectivity index (χ0v) is 22.7. The molecule has 0 amide bonds. The summed E-state index contributed by atoms with van der Waals surface area (Å²) < 4.78 is 21.1. The van der Waals surface area contributed by atoms with Crippen LogP contribution in [-0.2, 0) is 13.6 Å². The fourth-order valence-electron chi connectivity index (χ4n) is 3.00. The predicted molar refractivity (Wildman–Crippen MR) is 128 cm³/mol. The van der Waals surface area contributed by atoms with Crippen LogP contribution in [0.1, 0.15) is 47.8 Å². The van der Waals surface area contributed by atoms with E-state index in [-0.39, 0.29) is 22.5 Å². The smallest absolute Gasteiger partial charge is 0.351 e. The van der Waals surface area contributed by atoms with Crippen molar-refractivity contribution in [2.45, 2.75) is 102 Å². The second kappa shape index (κ2) is 8.71. The first kappa shape index (κ1) is 26.2. The summed E-state index contributed by atoms with van der Waals surface area (Å²) in [6.07, 6.45) is -0.870. The van der Waals surface area contributed by atoms with Crippen LogP contribution in [0.3, 0.4) is 0 Å². The van der Waals surface area contributed by atoms with E-state index in [4.69, 9.17) is 19.3 Å². The minimum atomic E-state index is -2.26. The second-order valence-electron chi connectivity index (χ2n) is 11.5. The molecule has 1 saturated heterocycles. The highest BCUT2D eigenvalue weighted by Crippen LogP contribution is 2.45. The third kappa shape index (κ3) is 5.48. The molecule has 178 valence electrons. The largest absolute Gasteiger partial charge is 0.408 e. The first-order chi connectivity index (χ1) is 13.9. The molecule has 3 N–H and O–H groups in total. The van der Waals surface area contributed by atoms with Gasteiger partial charge in [-0.05, 0) is 42.3 Å². The SMILES string of the molecule is CC(C)(C)[Si](C)(C)OC1C(O[Si](C)(C)C(C)(C)C)[C@@H](CO)O[C@H]1n1ccc(N)nc1=O. The minimum absolute atomic E-state index is 0.0355. The highest BCUT2D eigenvalue weighted by molar-refractivity contribution is 6.74. The molecule has 2 unspecified atom stereocenters. The van der Waals surface area contributed by atoms with Gasteiger partial charge in [-0.3, -0.25) is 4.57 Å². The Kier molecular flexibility index (Phi) is 7.37. The maximum Gasteiger partial charge on any atom is 0.351 e. The topological polar surface area (TPSA) is 109 Å². The van der Waals surface area contributed by atoms with Crippen LogP contribution < -0.4 is 11.4 Å². The highest BCUT2D eigenvalue weighted by Gasteiger charge is 2.54. The summed E-state index contributed by atoms with van der Waals surface area (Å²) in [5, 5.41) is 10.0. The first-order valence-corrected chi connectivity index (χ1v) is 16.7. The summed E-state index contributed by atoms with van der Waals surface area (Å²) in [4.78, 5) is 16.5. The quantitative estimate of drug-likeness (QED) is 0.611. The van der Waals surface area contributed by atoms with Gasteiger partial charge in [0.25, 0.3) is 0 Å². The molecular formula is C21H41N3O5Si2. The highest BCUT2D eigenvalue weighted by atomic mass is 28.4. The predicted octanol–water partition coefficient (Wildman–Crippen LogP) is 3.50. The van der Waals surface area contributed by atoms with Crippen LogP contribution in [0.4, 0.5) is 5.82 Å². The average Bonchev–Trinajstić information content (AvgIpc) is 2.89. The number of ether oxygens (including phenoxy) is 1. The van der Waals surface area contributed by atoms with Crippen LogP contribution in [0.25, 0.3) is 0 Å². The summed E-state index contributed by atoms with van der Waals surface area (Å²) in [5.74, 6) is 0.147. The Labute approximate surface area is 188 Å². The van der Waals surface area contributed by atoms with Gasteiger partial charge in [0.15, 0.2) is 22.9 Å². The summed E-state index contributed by atoms with van der Waals surface area (Å²) in [7, 11) is -4.49. The van der Waals surface area contributed by atoms with Crippen LogP contribution in [0.5, 0.6) is 0 Å². The molecule has 8 nitrogen and oxygen atoms in total. The number of nitrogens with two attached hydrogens (primary N) is 1. The van der Waals surface area contributed by atoms with E-state index in [1.807, 2.05) is 0 Å². The van der Waals surface area contributed by atoms with Crippen molar-refractivity contribution in [2.24, 2.45) is 0 Å². The molecule has 0 aliphatic carbocycles. The molecular weight excluding hydrogens is 430 g/mol. The second-order valence-corrected chi connectivity index (χ2v) is 21.0. The minimum Gasteiger partial charge on any atom is -0.408 e. The molecule has 2 heterocycles. The monoisotopic (exact) mass is 471 g/mol. The van der Waals surface area contributed by atoms with Gasteiger partial charge >= 0.3 is 5.69 Å². The van der Waals surface area contributed by atoms with Crippen LogP contribution in [0.15, 0.2) is 17.1 Å². The normalized spacial score (nSPS) is 25.8. The van der Waals surface area contributed by atoms with Gasteiger partial charge < -0.3 is 24.4 Å². The van der Waals surface area contributed by atoms with Gasteiger partial charge in [0.05, 0.1) is 6.61 Å². The summed E-state index contributed by atoms with van der Waals surface area (Å²) in [6.45, 7) is 21.4. The number of nitrogens with zero attached hydrogens (tertiary/aromatic N) is 2. The fraction of sp³-hybridized carbons (Fsp3) is 0.810. The van der Waals surface area contributed by atoms with E-state index in [2.05, 4.69) is 72.7 Å². The molecule has 0 aromatic carbocycles. The van der Waals surface area contributed by atoms with Gasteiger partial charge in [0, 0.05) is 6.20 Å². The van der Waals surface area contributed by atoms with E-state index in [1.165, 1.54) is 4.57 Å². The summed E-state index contributed by atoms with van der Waals surface area (Å²) in [5.41, 5.74) is 5.17. The Morgan fingerprint density at radius 2 is 1.55 bits per heavy atom. The molecule has 1 aliphatic rings. The van der Waals surface area contributed by atoms with Gasteiger partial charge in [-0.1, -0.05) is 41.5 Å². The van der Waals surface area contributed by atoms with Crippen molar-refractivity contribution in [1.82, 2.24) is 9.55 Å². The molecule has 2 rings (SSSR count). The van der Waals surface area contributed by atoms with Crippen molar-refractivity contribution in [2.75, 3.05) is 12.3 Å².